The second-order valence-corrected chi connectivity index (χ2v) is 5.11. The maximum absolute atomic E-state index is 4.02. The number of rotatable bonds is 10. The third-order valence-electron chi connectivity index (χ3n) is 2.38. The molecule has 0 rings (SSSR count). The van der Waals surface area contributed by atoms with E-state index >= 15 is 0 Å². The van der Waals surface area contributed by atoms with Gasteiger partial charge in [-0.25, -0.2) is 0 Å². The Bertz CT molecular complexity index is 214. The number of hydrogen-bond acceptors (Lipinski definition) is 3. The van der Waals surface area contributed by atoms with Crippen LogP contribution in [-0.2, 0) is 0 Å². The monoisotopic (exact) mass is 242 g/mol. The highest BCUT2D eigenvalue weighted by molar-refractivity contribution is 7.99. The van der Waals surface area contributed by atoms with Crippen molar-refractivity contribution in [2.45, 2.75) is 27.2 Å². The Morgan fingerprint density at radius 1 is 1.12 bits per heavy atom. The summed E-state index contributed by atoms with van der Waals surface area (Å²) in [5.74, 6) is 2.64. The van der Waals surface area contributed by atoms with E-state index in [1.807, 2.05) is 11.8 Å². The van der Waals surface area contributed by atoms with Crippen LogP contribution in [0.5, 0.6) is 0 Å². The fraction of sp³-hybridized carbons (Fsp3) is 0.692. The molecule has 0 bridgehead atoms. The molecule has 0 aliphatic rings. The van der Waals surface area contributed by atoms with Gasteiger partial charge in [-0.2, -0.15) is 0 Å². The summed E-state index contributed by atoms with van der Waals surface area (Å²) in [5, 5.41) is 6.59. The molecule has 0 aliphatic heterocycles. The Kier molecular flexibility index (Phi) is 9.30. The molecule has 2 nitrogen and oxygen atoms in total. The summed E-state index contributed by atoms with van der Waals surface area (Å²) in [6, 6.07) is 0. The van der Waals surface area contributed by atoms with E-state index in [-0.39, 0.29) is 0 Å². The average molecular weight is 242 g/mol. The summed E-state index contributed by atoms with van der Waals surface area (Å²) in [7, 11) is 0. The molecule has 0 aromatic carbocycles. The first-order valence-electron chi connectivity index (χ1n) is 6.01. The van der Waals surface area contributed by atoms with Gasteiger partial charge in [0.25, 0.3) is 0 Å². The maximum Gasteiger partial charge on any atom is 0.0330 e. The van der Waals surface area contributed by atoms with Crippen LogP contribution < -0.4 is 10.6 Å². The number of nitrogens with one attached hydrogen (secondary N) is 2. The zero-order valence-corrected chi connectivity index (χ0v) is 11.8. The lowest BCUT2D eigenvalue weighted by Gasteiger charge is -2.13. The minimum Gasteiger partial charge on any atom is -0.388 e. The molecule has 0 aromatic rings. The lowest BCUT2D eigenvalue weighted by molar-refractivity contribution is 0.531. The van der Waals surface area contributed by atoms with Crippen LogP contribution in [0.4, 0.5) is 0 Å². The van der Waals surface area contributed by atoms with Crippen LogP contribution in [-0.4, -0.2) is 24.6 Å². The molecule has 0 aliphatic carbocycles. The summed E-state index contributed by atoms with van der Waals surface area (Å²) in [6.45, 7) is 16.5. The van der Waals surface area contributed by atoms with E-state index in [0.717, 1.165) is 41.9 Å². The molecule has 94 valence electrons. The van der Waals surface area contributed by atoms with Gasteiger partial charge in [0.15, 0.2) is 0 Å². The maximum atomic E-state index is 4.02. The summed E-state index contributed by atoms with van der Waals surface area (Å²) in [6.07, 6.45) is 1.21. The molecular weight excluding hydrogens is 216 g/mol. The zero-order valence-electron chi connectivity index (χ0n) is 10.9. The van der Waals surface area contributed by atoms with Crippen LogP contribution in [0.3, 0.4) is 0 Å². The minimum atomic E-state index is 0.721. The molecule has 16 heavy (non-hydrogen) atoms. The van der Waals surface area contributed by atoms with E-state index in [1.54, 1.807) is 0 Å². The van der Waals surface area contributed by atoms with E-state index in [4.69, 9.17) is 0 Å². The van der Waals surface area contributed by atoms with Crippen LogP contribution in [0.25, 0.3) is 0 Å². The summed E-state index contributed by atoms with van der Waals surface area (Å²) >= 11 is 1.84. The van der Waals surface area contributed by atoms with Crippen molar-refractivity contribution in [3.8, 4) is 0 Å². The normalized spacial score (nSPS) is 11.9. The standard InChI is InChI=1S/C13H26N2S/c1-6-11(3)8-15-13(5)10-16-9-12(4)14-7-2/h11,14-15H,4-10H2,1-3H3. The topological polar surface area (TPSA) is 24.1 Å². The molecular formula is C13H26N2S. The van der Waals surface area contributed by atoms with Gasteiger partial charge in [-0.1, -0.05) is 33.4 Å². The molecule has 0 saturated carbocycles. The molecule has 0 aromatic heterocycles. The molecule has 0 radical (unpaired) electrons. The Balaban J connectivity index is 3.47. The molecule has 0 amide bonds. The first kappa shape index (κ1) is 15.4. The molecule has 0 spiro atoms. The lowest BCUT2D eigenvalue weighted by atomic mass is 10.1. The van der Waals surface area contributed by atoms with Crippen LogP contribution in [0.1, 0.15) is 27.2 Å². The van der Waals surface area contributed by atoms with Crippen molar-refractivity contribution in [2.24, 2.45) is 5.92 Å². The van der Waals surface area contributed by atoms with Gasteiger partial charge in [0.05, 0.1) is 0 Å². The fourth-order valence-corrected chi connectivity index (χ4v) is 1.91. The Morgan fingerprint density at radius 2 is 1.69 bits per heavy atom. The quantitative estimate of drug-likeness (QED) is 0.616. The van der Waals surface area contributed by atoms with Crippen LogP contribution in [0, 0.1) is 5.92 Å². The minimum absolute atomic E-state index is 0.721. The van der Waals surface area contributed by atoms with Gasteiger partial charge in [-0.05, 0) is 12.8 Å². The SMILES string of the molecule is C=C(CSCC(=C)NCC(C)CC)NCC. The smallest absolute Gasteiger partial charge is 0.0330 e. The van der Waals surface area contributed by atoms with Crippen molar-refractivity contribution in [3.05, 3.63) is 24.6 Å². The summed E-state index contributed by atoms with van der Waals surface area (Å²) in [5.41, 5.74) is 2.22. The molecule has 3 heteroatoms. The summed E-state index contributed by atoms with van der Waals surface area (Å²) in [4.78, 5) is 0. The Labute approximate surface area is 105 Å². The second-order valence-electron chi connectivity index (χ2n) is 4.12. The number of thioether (sulfide) groups is 1. The molecule has 0 fully saturated rings. The van der Waals surface area contributed by atoms with E-state index < -0.39 is 0 Å². The van der Waals surface area contributed by atoms with Crippen molar-refractivity contribution in [2.75, 3.05) is 24.6 Å². The van der Waals surface area contributed by atoms with Gasteiger partial charge in [-0.15, -0.1) is 11.8 Å². The van der Waals surface area contributed by atoms with Gasteiger partial charge in [0, 0.05) is 36.0 Å². The Hall–Kier alpha value is -0.570. The van der Waals surface area contributed by atoms with Gasteiger partial charge in [0.2, 0.25) is 0 Å². The average Bonchev–Trinajstić information content (AvgIpc) is 2.26. The van der Waals surface area contributed by atoms with Crippen molar-refractivity contribution in [1.82, 2.24) is 10.6 Å². The molecule has 0 saturated heterocycles. The van der Waals surface area contributed by atoms with Crippen molar-refractivity contribution in [3.63, 3.8) is 0 Å². The molecule has 0 heterocycles. The predicted octanol–water partition coefficient (Wildman–Crippen LogP) is 2.99. The first-order chi connectivity index (χ1) is 7.60. The second kappa shape index (κ2) is 9.64. The van der Waals surface area contributed by atoms with Gasteiger partial charge < -0.3 is 10.6 Å². The Morgan fingerprint density at radius 3 is 2.19 bits per heavy atom. The number of hydrogen-bond donors (Lipinski definition) is 2. The van der Waals surface area contributed by atoms with Crippen molar-refractivity contribution >= 4 is 11.8 Å². The molecule has 2 N–H and O–H groups in total. The van der Waals surface area contributed by atoms with Crippen molar-refractivity contribution in [1.29, 1.82) is 0 Å². The zero-order chi connectivity index (χ0) is 12.4. The third-order valence-corrected chi connectivity index (χ3v) is 3.48. The highest BCUT2D eigenvalue weighted by Gasteiger charge is 2.00. The van der Waals surface area contributed by atoms with E-state index in [2.05, 4.69) is 44.6 Å². The third kappa shape index (κ3) is 8.72. The lowest BCUT2D eigenvalue weighted by Crippen LogP contribution is -2.21. The highest BCUT2D eigenvalue weighted by Crippen LogP contribution is 2.08. The van der Waals surface area contributed by atoms with E-state index in [9.17, 15) is 0 Å². The van der Waals surface area contributed by atoms with Crippen LogP contribution in [0.15, 0.2) is 24.6 Å². The van der Waals surface area contributed by atoms with Gasteiger partial charge >= 0.3 is 0 Å². The van der Waals surface area contributed by atoms with Crippen LogP contribution >= 0.6 is 11.8 Å². The van der Waals surface area contributed by atoms with Gasteiger partial charge in [0.1, 0.15) is 0 Å². The molecule has 1 unspecified atom stereocenters. The van der Waals surface area contributed by atoms with Crippen LogP contribution in [0.2, 0.25) is 0 Å². The predicted molar refractivity (Wildman–Crippen MR) is 76.7 cm³/mol. The highest BCUT2D eigenvalue weighted by atomic mass is 32.2. The van der Waals surface area contributed by atoms with Gasteiger partial charge in [-0.3, -0.25) is 0 Å². The largest absolute Gasteiger partial charge is 0.388 e. The fourth-order valence-electron chi connectivity index (χ4n) is 1.11. The van der Waals surface area contributed by atoms with Crippen molar-refractivity contribution < 1.29 is 0 Å². The van der Waals surface area contributed by atoms with E-state index in [1.165, 1.54) is 6.42 Å². The van der Waals surface area contributed by atoms with E-state index in [0.29, 0.717) is 0 Å². The molecule has 1 atom stereocenters. The first-order valence-corrected chi connectivity index (χ1v) is 7.16. The summed E-state index contributed by atoms with van der Waals surface area (Å²) < 4.78 is 0.